The van der Waals surface area contributed by atoms with Gasteiger partial charge in [-0.3, -0.25) is 9.69 Å². The molecule has 0 aliphatic carbocycles. The van der Waals surface area contributed by atoms with Gasteiger partial charge in [-0.1, -0.05) is 24.3 Å². The zero-order chi connectivity index (χ0) is 26.3. The minimum Gasteiger partial charge on any atom is -0.496 e. The minimum absolute atomic E-state index is 0.00209. The number of hydrogen-bond acceptors (Lipinski definition) is 7. The Balaban J connectivity index is 1.47. The van der Waals surface area contributed by atoms with Gasteiger partial charge in [-0.05, 0) is 55.8 Å². The van der Waals surface area contributed by atoms with Crippen LogP contribution in [0, 0.1) is 0 Å². The Morgan fingerprint density at radius 1 is 1.03 bits per heavy atom. The van der Waals surface area contributed by atoms with Crippen molar-refractivity contribution >= 4 is 22.0 Å². The molecule has 0 aromatic heterocycles. The van der Waals surface area contributed by atoms with Crippen LogP contribution in [0.3, 0.4) is 0 Å². The third kappa shape index (κ3) is 6.51. The number of sulfonamides is 1. The quantitative estimate of drug-likeness (QED) is 0.473. The fraction of sp³-hybridized carbons (Fsp3) is 0.444. The van der Waals surface area contributed by atoms with Gasteiger partial charge in [0, 0.05) is 31.3 Å². The standard InChI is InChI=1S/C27H35N3O6S/c1-34-24-8-4-3-7-22(24)23(29-13-5-6-14-29)20-28-27(31)12-10-21-9-11-25(35-2)26(19-21)37(32,33)30-15-17-36-18-16-30/h3-4,7-12,19,23H,5-6,13-18,20H2,1-2H3,(H,28,31)/b12-10+. The van der Waals surface area contributed by atoms with E-state index in [1.165, 1.54) is 23.6 Å². The van der Waals surface area contributed by atoms with Crippen LogP contribution < -0.4 is 14.8 Å². The molecule has 2 aliphatic rings. The number of rotatable bonds is 10. The molecule has 0 saturated carbocycles. The average molecular weight is 530 g/mol. The van der Waals surface area contributed by atoms with Crippen molar-refractivity contribution < 1.29 is 27.4 Å². The molecule has 9 nitrogen and oxygen atoms in total. The lowest BCUT2D eigenvalue weighted by molar-refractivity contribution is -0.116. The highest BCUT2D eigenvalue weighted by Crippen LogP contribution is 2.31. The molecule has 0 bridgehead atoms. The van der Waals surface area contributed by atoms with E-state index in [1.807, 2.05) is 24.3 Å². The number of carbonyl (C=O) groups excluding carboxylic acids is 1. The van der Waals surface area contributed by atoms with Crippen molar-refractivity contribution in [3.05, 3.63) is 59.7 Å². The van der Waals surface area contributed by atoms with Crippen LogP contribution >= 0.6 is 0 Å². The summed E-state index contributed by atoms with van der Waals surface area (Å²) in [7, 11) is -0.662. The Bertz CT molecular complexity index is 1200. The van der Waals surface area contributed by atoms with Crippen molar-refractivity contribution in [2.45, 2.75) is 23.8 Å². The summed E-state index contributed by atoms with van der Waals surface area (Å²) in [6.07, 6.45) is 5.30. The molecule has 37 heavy (non-hydrogen) atoms. The number of nitrogens with zero attached hydrogens (tertiary/aromatic N) is 2. The van der Waals surface area contributed by atoms with Gasteiger partial charge in [-0.25, -0.2) is 8.42 Å². The van der Waals surface area contributed by atoms with Crippen molar-refractivity contribution in [3.63, 3.8) is 0 Å². The number of morpholine rings is 1. The van der Waals surface area contributed by atoms with Crippen LogP contribution in [0.4, 0.5) is 0 Å². The molecular formula is C27H35N3O6S. The van der Waals surface area contributed by atoms with Crippen LogP contribution in [-0.2, 0) is 19.6 Å². The van der Waals surface area contributed by atoms with E-state index in [0.29, 0.717) is 38.4 Å². The van der Waals surface area contributed by atoms with E-state index in [1.54, 1.807) is 25.3 Å². The lowest BCUT2D eigenvalue weighted by Crippen LogP contribution is -2.40. The molecule has 1 N–H and O–H groups in total. The summed E-state index contributed by atoms with van der Waals surface area (Å²) in [6.45, 7) is 3.67. The number of ether oxygens (including phenoxy) is 3. The summed E-state index contributed by atoms with van der Waals surface area (Å²) in [4.78, 5) is 15.2. The number of methoxy groups -OCH3 is 2. The molecule has 1 amide bonds. The Kier molecular flexibility index (Phi) is 9.20. The topological polar surface area (TPSA) is 97.4 Å². The lowest BCUT2D eigenvalue weighted by atomic mass is 10.0. The maximum absolute atomic E-state index is 13.2. The van der Waals surface area contributed by atoms with Crippen LogP contribution in [0.1, 0.15) is 30.0 Å². The van der Waals surface area contributed by atoms with E-state index in [0.717, 1.165) is 37.2 Å². The first-order chi connectivity index (χ1) is 17.9. The average Bonchev–Trinajstić information content (AvgIpc) is 3.47. The lowest BCUT2D eigenvalue weighted by Gasteiger charge is -2.29. The van der Waals surface area contributed by atoms with Gasteiger partial charge in [0.25, 0.3) is 0 Å². The van der Waals surface area contributed by atoms with Gasteiger partial charge in [-0.2, -0.15) is 4.31 Å². The molecule has 2 heterocycles. The van der Waals surface area contributed by atoms with E-state index in [9.17, 15) is 13.2 Å². The normalized spacial score (nSPS) is 18.1. The van der Waals surface area contributed by atoms with Gasteiger partial charge in [0.05, 0.1) is 33.5 Å². The van der Waals surface area contributed by atoms with Crippen molar-refractivity contribution in [1.29, 1.82) is 0 Å². The van der Waals surface area contributed by atoms with E-state index < -0.39 is 10.0 Å². The molecule has 10 heteroatoms. The molecule has 2 aliphatic heterocycles. The second-order valence-corrected chi connectivity index (χ2v) is 10.9. The molecule has 1 unspecified atom stereocenters. The van der Waals surface area contributed by atoms with Crippen molar-refractivity contribution in [2.75, 3.05) is 60.2 Å². The second kappa shape index (κ2) is 12.6. The molecule has 2 aromatic rings. The molecule has 200 valence electrons. The van der Waals surface area contributed by atoms with Crippen molar-refractivity contribution in [3.8, 4) is 11.5 Å². The number of likely N-dealkylation sites (tertiary alicyclic amines) is 1. The highest BCUT2D eigenvalue weighted by molar-refractivity contribution is 7.89. The predicted octanol–water partition coefficient (Wildman–Crippen LogP) is 2.69. The number of amides is 1. The number of hydrogen-bond donors (Lipinski definition) is 1. The first-order valence-electron chi connectivity index (χ1n) is 12.5. The van der Waals surface area contributed by atoms with Gasteiger partial charge in [0.2, 0.25) is 15.9 Å². The predicted molar refractivity (Wildman–Crippen MR) is 141 cm³/mol. The van der Waals surface area contributed by atoms with Crippen molar-refractivity contribution in [2.24, 2.45) is 0 Å². The third-order valence-electron chi connectivity index (χ3n) is 6.75. The number of para-hydroxylation sites is 1. The summed E-state index contributed by atoms with van der Waals surface area (Å²) in [5.41, 5.74) is 1.63. The first-order valence-corrected chi connectivity index (χ1v) is 14.0. The van der Waals surface area contributed by atoms with E-state index in [2.05, 4.69) is 10.2 Å². The van der Waals surface area contributed by atoms with Gasteiger partial charge >= 0.3 is 0 Å². The fourth-order valence-electron chi connectivity index (χ4n) is 4.78. The highest BCUT2D eigenvalue weighted by atomic mass is 32.2. The van der Waals surface area contributed by atoms with Gasteiger partial charge < -0.3 is 19.5 Å². The Hall–Kier alpha value is -2.92. The van der Waals surface area contributed by atoms with Crippen LogP contribution in [0.25, 0.3) is 6.08 Å². The fourth-order valence-corrected chi connectivity index (χ4v) is 6.38. The molecule has 2 aromatic carbocycles. The van der Waals surface area contributed by atoms with Crippen molar-refractivity contribution in [1.82, 2.24) is 14.5 Å². The summed E-state index contributed by atoms with van der Waals surface area (Å²) in [6, 6.07) is 12.8. The minimum atomic E-state index is -3.76. The smallest absolute Gasteiger partial charge is 0.246 e. The van der Waals surface area contributed by atoms with Crippen LogP contribution in [0.2, 0.25) is 0 Å². The number of benzene rings is 2. The summed E-state index contributed by atoms with van der Waals surface area (Å²) in [5.74, 6) is 0.808. The summed E-state index contributed by atoms with van der Waals surface area (Å²) < 4.78 is 44.0. The van der Waals surface area contributed by atoms with E-state index in [4.69, 9.17) is 14.2 Å². The van der Waals surface area contributed by atoms with Crippen LogP contribution in [-0.4, -0.2) is 83.7 Å². The molecule has 0 radical (unpaired) electrons. The number of nitrogens with one attached hydrogen (secondary N) is 1. The Labute approximate surface area is 219 Å². The SMILES string of the molecule is COc1ccccc1C(CNC(=O)/C=C/c1ccc(OC)c(S(=O)(=O)N2CCOCC2)c1)N1CCCC1. The van der Waals surface area contributed by atoms with E-state index >= 15 is 0 Å². The maximum Gasteiger partial charge on any atom is 0.246 e. The Morgan fingerprint density at radius 2 is 1.73 bits per heavy atom. The number of carbonyl (C=O) groups is 1. The summed E-state index contributed by atoms with van der Waals surface area (Å²) >= 11 is 0. The highest BCUT2D eigenvalue weighted by Gasteiger charge is 2.29. The third-order valence-corrected chi connectivity index (χ3v) is 8.67. The Morgan fingerprint density at radius 3 is 2.43 bits per heavy atom. The van der Waals surface area contributed by atoms with Gasteiger partial charge in [0.1, 0.15) is 16.4 Å². The largest absolute Gasteiger partial charge is 0.496 e. The van der Waals surface area contributed by atoms with Crippen LogP contribution in [0.15, 0.2) is 53.4 Å². The molecule has 0 spiro atoms. The monoisotopic (exact) mass is 529 g/mol. The molecule has 4 rings (SSSR count). The van der Waals surface area contributed by atoms with E-state index in [-0.39, 0.29) is 22.6 Å². The zero-order valence-electron chi connectivity index (χ0n) is 21.4. The molecular weight excluding hydrogens is 494 g/mol. The second-order valence-electron chi connectivity index (χ2n) is 9.01. The maximum atomic E-state index is 13.2. The first kappa shape index (κ1) is 27.1. The van der Waals surface area contributed by atoms with Gasteiger partial charge in [0.15, 0.2) is 0 Å². The molecule has 1 atom stereocenters. The molecule has 2 saturated heterocycles. The van der Waals surface area contributed by atoms with Gasteiger partial charge in [-0.15, -0.1) is 0 Å². The zero-order valence-corrected chi connectivity index (χ0v) is 22.2. The molecule has 2 fully saturated rings. The van der Waals surface area contributed by atoms with Crippen LogP contribution in [0.5, 0.6) is 11.5 Å². The summed E-state index contributed by atoms with van der Waals surface area (Å²) in [5, 5.41) is 3.01.